The van der Waals surface area contributed by atoms with E-state index in [1.54, 1.807) is 18.3 Å². The fourth-order valence-electron chi connectivity index (χ4n) is 1.55. The normalized spacial score (nSPS) is 10.5. The lowest BCUT2D eigenvalue weighted by atomic mass is 10.2. The summed E-state index contributed by atoms with van der Waals surface area (Å²) in [5, 5.41) is 5.98. The number of halogens is 2. The SMILES string of the molecule is O=C(N/C=C/c1ccccc1Cl)Nc1cccc(Br)c1. The van der Waals surface area contributed by atoms with Crippen LogP contribution in [0.15, 0.2) is 59.2 Å². The lowest BCUT2D eigenvalue weighted by Crippen LogP contribution is -2.23. The Balaban J connectivity index is 1.91. The zero-order chi connectivity index (χ0) is 14.4. The van der Waals surface area contributed by atoms with E-state index in [1.165, 1.54) is 0 Å². The Morgan fingerprint density at radius 3 is 2.70 bits per heavy atom. The molecule has 0 saturated carbocycles. The van der Waals surface area contributed by atoms with Gasteiger partial charge in [0.05, 0.1) is 0 Å². The fraction of sp³-hybridized carbons (Fsp3) is 0. The minimum absolute atomic E-state index is 0.314. The van der Waals surface area contributed by atoms with E-state index in [9.17, 15) is 4.79 Å². The molecule has 0 heterocycles. The molecule has 2 aromatic rings. The van der Waals surface area contributed by atoms with Crippen molar-refractivity contribution in [3.05, 3.63) is 69.8 Å². The average molecular weight is 352 g/mol. The van der Waals surface area contributed by atoms with Gasteiger partial charge in [-0.2, -0.15) is 0 Å². The minimum Gasteiger partial charge on any atom is -0.314 e. The Bertz CT molecular complexity index is 643. The van der Waals surface area contributed by atoms with E-state index in [4.69, 9.17) is 11.6 Å². The van der Waals surface area contributed by atoms with Crippen LogP contribution < -0.4 is 10.6 Å². The molecule has 2 aromatic carbocycles. The molecule has 0 spiro atoms. The highest BCUT2D eigenvalue weighted by molar-refractivity contribution is 9.10. The number of anilines is 1. The highest BCUT2D eigenvalue weighted by Gasteiger charge is 1.99. The maximum atomic E-state index is 11.7. The van der Waals surface area contributed by atoms with Crippen molar-refractivity contribution < 1.29 is 4.79 Å². The van der Waals surface area contributed by atoms with Crippen LogP contribution in [-0.4, -0.2) is 6.03 Å². The van der Waals surface area contributed by atoms with Crippen LogP contribution >= 0.6 is 27.5 Å². The van der Waals surface area contributed by atoms with Crippen molar-refractivity contribution in [2.24, 2.45) is 0 Å². The first-order chi connectivity index (χ1) is 9.65. The Kier molecular flexibility index (Phi) is 5.21. The van der Waals surface area contributed by atoms with Gasteiger partial charge >= 0.3 is 6.03 Å². The second-order valence-corrected chi connectivity index (χ2v) is 5.29. The predicted octanol–water partition coefficient (Wildman–Crippen LogP) is 4.89. The molecule has 0 fully saturated rings. The van der Waals surface area contributed by atoms with Crippen LogP contribution in [0.5, 0.6) is 0 Å². The summed E-state index contributed by atoms with van der Waals surface area (Å²) in [6, 6.07) is 14.4. The van der Waals surface area contributed by atoms with E-state index in [1.807, 2.05) is 42.5 Å². The summed E-state index contributed by atoms with van der Waals surface area (Å²) in [6.07, 6.45) is 3.29. The Hall–Kier alpha value is -1.78. The zero-order valence-corrected chi connectivity index (χ0v) is 12.8. The van der Waals surface area contributed by atoms with Crippen LogP contribution in [0, 0.1) is 0 Å². The number of hydrogen-bond acceptors (Lipinski definition) is 1. The number of hydrogen-bond donors (Lipinski definition) is 2. The van der Waals surface area contributed by atoms with E-state index < -0.39 is 0 Å². The van der Waals surface area contributed by atoms with Crippen LogP contribution in [0.25, 0.3) is 6.08 Å². The number of benzene rings is 2. The smallest absolute Gasteiger partial charge is 0.314 e. The van der Waals surface area contributed by atoms with Crippen LogP contribution in [0.2, 0.25) is 5.02 Å². The van der Waals surface area contributed by atoms with Gasteiger partial charge in [0.2, 0.25) is 0 Å². The zero-order valence-electron chi connectivity index (χ0n) is 10.4. The summed E-state index contributed by atoms with van der Waals surface area (Å²) in [7, 11) is 0. The van der Waals surface area contributed by atoms with E-state index in [-0.39, 0.29) is 6.03 Å². The molecule has 0 bridgehead atoms. The van der Waals surface area contributed by atoms with Gasteiger partial charge in [0.25, 0.3) is 0 Å². The Labute approximate surface area is 130 Å². The van der Waals surface area contributed by atoms with Gasteiger partial charge in [-0.3, -0.25) is 0 Å². The topological polar surface area (TPSA) is 41.1 Å². The second kappa shape index (κ2) is 7.12. The number of rotatable bonds is 3. The molecule has 5 heteroatoms. The summed E-state index contributed by atoms with van der Waals surface area (Å²) in [6.45, 7) is 0. The highest BCUT2D eigenvalue weighted by Crippen LogP contribution is 2.16. The van der Waals surface area contributed by atoms with Gasteiger partial charge in [-0.15, -0.1) is 0 Å². The molecule has 20 heavy (non-hydrogen) atoms. The molecule has 3 nitrogen and oxygen atoms in total. The number of amides is 2. The molecule has 0 unspecified atom stereocenters. The number of carbonyl (C=O) groups is 1. The van der Waals surface area contributed by atoms with Gasteiger partial charge in [0, 0.05) is 21.4 Å². The monoisotopic (exact) mass is 350 g/mol. The molecule has 102 valence electrons. The standard InChI is InChI=1S/C15H12BrClN2O/c16-12-5-3-6-13(10-12)19-15(20)18-9-8-11-4-1-2-7-14(11)17/h1-10H,(H2,18,19,20)/b9-8+. The summed E-state index contributed by atoms with van der Waals surface area (Å²) in [5.41, 5.74) is 1.56. The summed E-state index contributed by atoms with van der Waals surface area (Å²) < 4.78 is 0.905. The van der Waals surface area contributed by atoms with Gasteiger partial charge in [0.15, 0.2) is 0 Å². The van der Waals surface area contributed by atoms with Crippen molar-refractivity contribution in [2.45, 2.75) is 0 Å². The van der Waals surface area contributed by atoms with Crippen LogP contribution in [-0.2, 0) is 0 Å². The number of urea groups is 1. The molecule has 0 aliphatic heterocycles. The first-order valence-corrected chi connectivity index (χ1v) is 7.06. The molecule has 0 aromatic heterocycles. The first-order valence-electron chi connectivity index (χ1n) is 5.89. The fourth-order valence-corrected chi connectivity index (χ4v) is 2.15. The number of nitrogens with one attached hydrogen (secondary N) is 2. The van der Waals surface area contributed by atoms with Crippen molar-refractivity contribution >= 4 is 45.3 Å². The summed E-state index contributed by atoms with van der Waals surface area (Å²) >= 11 is 9.34. The van der Waals surface area contributed by atoms with E-state index >= 15 is 0 Å². The average Bonchev–Trinajstić information content (AvgIpc) is 2.41. The molecule has 0 aliphatic rings. The van der Waals surface area contributed by atoms with Gasteiger partial charge in [-0.25, -0.2) is 4.79 Å². The minimum atomic E-state index is -0.314. The lowest BCUT2D eigenvalue weighted by Gasteiger charge is -2.04. The van der Waals surface area contributed by atoms with E-state index in [0.717, 1.165) is 10.0 Å². The van der Waals surface area contributed by atoms with Crippen molar-refractivity contribution in [3.8, 4) is 0 Å². The van der Waals surface area contributed by atoms with E-state index in [0.29, 0.717) is 10.7 Å². The molecule has 0 radical (unpaired) electrons. The largest absolute Gasteiger partial charge is 0.323 e. The third kappa shape index (κ3) is 4.40. The van der Waals surface area contributed by atoms with Crippen molar-refractivity contribution in [3.63, 3.8) is 0 Å². The number of carbonyl (C=O) groups excluding carboxylic acids is 1. The highest BCUT2D eigenvalue weighted by atomic mass is 79.9. The Morgan fingerprint density at radius 1 is 1.15 bits per heavy atom. The van der Waals surface area contributed by atoms with Gasteiger partial charge in [-0.1, -0.05) is 51.8 Å². The second-order valence-electron chi connectivity index (χ2n) is 3.96. The van der Waals surface area contributed by atoms with Crippen molar-refractivity contribution in [1.82, 2.24) is 5.32 Å². The van der Waals surface area contributed by atoms with E-state index in [2.05, 4.69) is 26.6 Å². The molecule has 0 saturated heterocycles. The predicted molar refractivity (Wildman–Crippen MR) is 86.8 cm³/mol. The molecule has 2 N–H and O–H groups in total. The molecular weight excluding hydrogens is 340 g/mol. The molecular formula is C15H12BrClN2O. The quantitative estimate of drug-likeness (QED) is 0.811. The first kappa shape index (κ1) is 14.6. The van der Waals surface area contributed by atoms with Crippen LogP contribution in [0.3, 0.4) is 0 Å². The molecule has 0 aliphatic carbocycles. The van der Waals surface area contributed by atoms with Crippen LogP contribution in [0.4, 0.5) is 10.5 Å². The van der Waals surface area contributed by atoms with Gasteiger partial charge < -0.3 is 10.6 Å². The summed E-state index contributed by atoms with van der Waals surface area (Å²) in [4.78, 5) is 11.7. The third-order valence-corrected chi connectivity index (χ3v) is 3.30. The molecule has 2 rings (SSSR count). The third-order valence-electron chi connectivity index (χ3n) is 2.47. The molecule has 2 amide bonds. The Morgan fingerprint density at radius 2 is 1.95 bits per heavy atom. The van der Waals surface area contributed by atoms with Crippen molar-refractivity contribution in [2.75, 3.05) is 5.32 Å². The van der Waals surface area contributed by atoms with Crippen molar-refractivity contribution in [1.29, 1.82) is 0 Å². The maximum absolute atomic E-state index is 11.7. The lowest BCUT2D eigenvalue weighted by molar-refractivity contribution is 0.255. The van der Waals surface area contributed by atoms with Gasteiger partial charge in [0.1, 0.15) is 0 Å². The van der Waals surface area contributed by atoms with Crippen LogP contribution in [0.1, 0.15) is 5.56 Å². The summed E-state index contributed by atoms with van der Waals surface area (Å²) in [5.74, 6) is 0. The molecule has 0 atom stereocenters. The maximum Gasteiger partial charge on any atom is 0.323 e. The van der Waals surface area contributed by atoms with Gasteiger partial charge in [-0.05, 0) is 35.9 Å².